The Morgan fingerprint density at radius 2 is 1.88 bits per heavy atom. The molecule has 1 aromatic rings. The highest BCUT2D eigenvalue weighted by Crippen LogP contribution is 2.36. The number of nitrogens with zero attached hydrogens (tertiary/aromatic N) is 1. The van der Waals surface area contributed by atoms with Crippen LogP contribution in [0.4, 0.5) is 0 Å². The van der Waals surface area contributed by atoms with Crippen LogP contribution in [0, 0.1) is 17.2 Å². The molecular weight excluding hydrogens is 210 g/mol. The highest BCUT2D eigenvalue weighted by atomic mass is 16.3. The van der Waals surface area contributed by atoms with Crippen LogP contribution in [-0.2, 0) is 5.60 Å². The molecule has 2 nitrogen and oxygen atoms in total. The first-order valence-electron chi connectivity index (χ1n) is 6.36. The molecule has 1 N–H and O–H groups in total. The molecule has 0 amide bonds. The van der Waals surface area contributed by atoms with Gasteiger partial charge in [-0.2, -0.15) is 5.26 Å². The van der Waals surface area contributed by atoms with Crippen molar-refractivity contribution in [3.05, 3.63) is 35.9 Å². The van der Waals surface area contributed by atoms with Gasteiger partial charge in [0.15, 0.2) is 0 Å². The van der Waals surface area contributed by atoms with Crippen molar-refractivity contribution < 1.29 is 5.11 Å². The second kappa shape index (κ2) is 6.42. The molecule has 0 fully saturated rings. The number of benzene rings is 1. The zero-order valence-electron chi connectivity index (χ0n) is 10.7. The van der Waals surface area contributed by atoms with E-state index in [1.807, 2.05) is 44.2 Å². The Morgan fingerprint density at radius 3 is 2.35 bits per heavy atom. The van der Waals surface area contributed by atoms with E-state index in [4.69, 9.17) is 0 Å². The molecule has 0 aliphatic rings. The molecule has 0 saturated heterocycles. The number of nitriles is 1. The second-order valence-corrected chi connectivity index (χ2v) is 4.51. The fourth-order valence-electron chi connectivity index (χ4n) is 2.33. The molecule has 92 valence electrons. The van der Waals surface area contributed by atoms with Gasteiger partial charge in [0.2, 0.25) is 0 Å². The maximum absolute atomic E-state index is 10.9. The summed E-state index contributed by atoms with van der Waals surface area (Å²) >= 11 is 0. The van der Waals surface area contributed by atoms with E-state index in [1.54, 1.807) is 0 Å². The van der Waals surface area contributed by atoms with Gasteiger partial charge in [-0.15, -0.1) is 0 Å². The SMILES string of the molecule is CCCC(C#N)C(O)(CCC)c1ccccc1. The van der Waals surface area contributed by atoms with Gasteiger partial charge in [0.25, 0.3) is 0 Å². The molecule has 2 heteroatoms. The third-order valence-electron chi connectivity index (χ3n) is 3.21. The van der Waals surface area contributed by atoms with Crippen molar-refractivity contribution in [3.63, 3.8) is 0 Å². The van der Waals surface area contributed by atoms with Crippen molar-refractivity contribution in [3.8, 4) is 6.07 Å². The van der Waals surface area contributed by atoms with Gasteiger partial charge in [0.1, 0.15) is 5.60 Å². The molecule has 0 aliphatic heterocycles. The fourth-order valence-corrected chi connectivity index (χ4v) is 2.33. The zero-order valence-corrected chi connectivity index (χ0v) is 10.7. The largest absolute Gasteiger partial charge is 0.384 e. The monoisotopic (exact) mass is 231 g/mol. The van der Waals surface area contributed by atoms with E-state index < -0.39 is 5.60 Å². The standard InChI is InChI=1S/C15H21NO/c1-3-8-14(12-16)15(17,11-4-2)13-9-6-5-7-10-13/h5-7,9-10,14,17H,3-4,8,11H2,1-2H3. The molecular formula is C15H21NO. The van der Waals surface area contributed by atoms with Crippen molar-refractivity contribution in [2.45, 2.75) is 45.1 Å². The van der Waals surface area contributed by atoms with Gasteiger partial charge in [0, 0.05) is 0 Å². The molecule has 0 bridgehead atoms. The van der Waals surface area contributed by atoms with Crippen LogP contribution in [0.15, 0.2) is 30.3 Å². The topological polar surface area (TPSA) is 44.0 Å². The second-order valence-electron chi connectivity index (χ2n) is 4.51. The maximum Gasteiger partial charge on any atom is 0.105 e. The van der Waals surface area contributed by atoms with Gasteiger partial charge in [-0.3, -0.25) is 0 Å². The first-order chi connectivity index (χ1) is 8.19. The van der Waals surface area contributed by atoms with Crippen LogP contribution in [0.2, 0.25) is 0 Å². The Morgan fingerprint density at radius 1 is 1.24 bits per heavy atom. The van der Waals surface area contributed by atoms with Gasteiger partial charge in [-0.25, -0.2) is 0 Å². The predicted octanol–water partition coefficient (Wildman–Crippen LogP) is 3.61. The van der Waals surface area contributed by atoms with E-state index in [1.165, 1.54) is 0 Å². The zero-order chi connectivity index (χ0) is 12.7. The lowest BCUT2D eigenvalue weighted by atomic mass is 9.77. The van der Waals surface area contributed by atoms with Crippen LogP contribution in [0.5, 0.6) is 0 Å². The Kier molecular flexibility index (Phi) is 5.18. The van der Waals surface area contributed by atoms with E-state index in [-0.39, 0.29) is 5.92 Å². The van der Waals surface area contributed by atoms with E-state index in [0.29, 0.717) is 6.42 Å². The fraction of sp³-hybridized carbons (Fsp3) is 0.533. The summed E-state index contributed by atoms with van der Waals surface area (Å²) in [6.45, 7) is 4.08. The summed E-state index contributed by atoms with van der Waals surface area (Å²) in [7, 11) is 0. The predicted molar refractivity (Wildman–Crippen MR) is 69.3 cm³/mol. The molecule has 0 aliphatic carbocycles. The van der Waals surface area contributed by atoms with Crippen LogP contribution in [0.1, 0.15) is 45.1 Å². The smallest absolute Gasteiger partial charge is 0.105 e. The van der Waals surface area contributed by atoms with E-state index in [2.05, 4.69) is 6.07 Å². The van der Waals surface area contributed by atoms with E-state index in [0.717, 1.165) is 24.8 Å². The molecule has 1 aromatic carbocycles. The third-order valence-corrected chi connectivity index (χ3v) is 3.21. The van der Waals surface area contributed by atoms with Gasteiger partial charge < -0.3 is 5.11 Å². The number of aliphatic hydroxyl groups is 1. The maximum atomic E-state index is 10.9. The minimum atomic E-state index is -0.999. The molecule has 17 heavy (non-hydrogen) atoms. The summed E-state index contributed by atoms with van der Waals surface area (Å²) in [4.78, 5) is 0. The quantitative estimate of drug-likeness (QED) is 0.812. The van der Waals surface area contributed by atoms with E-state index >= 15 is 0 Å². The lowest BCUT2D eigenvalue weighted by Gasteiger charge is -2.32. The summed E-state index contributed by atoms with van der Waals surface area (Å²) in [5.74, 6) is -0.324. The van der Waals surface area contributed by atoms with Gasteiger partial charge >= 0.3 is 0 Å². The normalized spacial score (nSPS) is 15.9. The summed E-state index contributed by atoms with van der Waals surface area (Å²) in [6.07, 6.45) is 3.15. The Bertz CT molecular complexity index is 368. The average molecular weight is 231 g/mol. The highest BCUT2D eigenvalue weighted by molar-refractivity contribution is 5.25. The Hall–Kier alpha value is -1.33. The Balaban J connectivity index is 3.08. The van der Waals surface area contributed by atoms with Gasteiger partial charge in [-0.05, 0) is 18.4 Å². The summed E-state index contributed by atoms with van der Waals surface area (Å²) in [6, 6.07) is 11.9. The number of hydrogen-bond donors (Lipinski definition) is 1. The summed E-state index contributed by atoms with van der Waals surface area (Å²) in [5, 5.41) is 20.1. The van der Waals surface area contributed by atoms with Crippen LogP contribution in [0.25, 0.3) is 0 Å². The Labute approximate surface area is 104 Å². The van der Waals surface area contributed by atoms with Gasteiger partial charge in [-0.1, -0.05) is 57.0 Å². The van der Waals surface area contributed by atoms with Crippen molar-refractivity contribution >= 4 is 0 Å². The van der Waals surface area contributed by atoms with E-state index in [9.17, 15) is 10.4 Å². The molecule has 0 heterocycles. The lowest BCUT2D eigenvalue weighted by Crippen LogP contribution is -2.34. The van der Waals surface area contributed by atoms with Crippen LogP contribution >= 0.6 is 0 Å². The third kappa shape index (κ3) is 3.08. The first-order valence-corrected chi connectivity index (χ1v) is 6.36. The average Bonchev–Trinajstić information content (AvgIpc) is 2.37. The molecule has 0 saturated carbocycles. The van der Waals surface area contributed by atoms with Crippen LogP contribution < -0.4 is 0 Å². The number of hydrogen-bond acceptors (Lipinski definition) is 2. The van der Waals surface area contributed by atoms with Crippen molar-refractivity contribution in [1.82, 2.24) is 0 Å². The minimum Gasteiger partial charge on any atom is -0.384 e. The molecule has 1 rings (SSSR count). The highest BCUT2D eigenvalue weighted by Gasteiger charge is 2.37. The van der Waals surface area contributed by atoms with Crippen LogP contribution in [-0.4, -0.2) is 5.11 Å². The van der Waals surface area contributed by atoms with Crippen LogP contribution in [0.3, 0.4) is 0 Å². The molecule has 0 radical (unpaired) electrons. The number of rotatable bonds is 6. The van der Waals surface area contributed by atoms with Gasteiger partial charge in [0.05, 0.1) is 12.0 Å². The van der Waals surface area contributed by atoms with Crippen molar-refractivity contribution in [1.29, 1.82) is 5.26 Å². The molecule has 0 spiro atoms. The minimum absolute atomic E-state index is 0.324. The molecule has 2 atom stereocenters. The molecule has 2 unspecified atom stereocenters. The summed E-state index contributed by atoms with van der Waals surface area (Å²) in [5.41, 5.74) is -0.136. The molecule has 0 aromatic heterocycles. The lowest BCUT2D eigenvalue weighted by molar-refractivity contribution is -0.0151. The summed E-state index contributed by atoms with van der Waals surface area (Å²) < 4.78 is 0. The first kappa shape index (κ1) is 13.7. The van der Waals surface area contributed by atoms with Crippen molar-refractivity contribution in [2.75, 3.05) is 0 Å². The van der Waals surface area contributed by atoms with Crippen molar-refractivity contribution in [2.24, 2.45) is 5.92 Å².